The zero-order valence-electron chi connectivity index (χ0n) is 9.93. The predicted octanol–water partition coefficient (Wildman–Crippen LogP) is 1.72. The van der Waals surface area contributed by atoms with Crippen molar-refractivity contribution in [1.29, 1.82) is 0 Å². The molecule has 1 aliphatic heterocycles. The number of aryl methyl sites for hydroxylation is 1. The fourth-order valence-electron chi connectivity index (χ4n) is 2.31. The van der Waals surface area contributed by atoms with Crippen molar-refractivity contribution >= 4 is 0 Å². The van der Waals surface area contributed by atoms with E-state index in [0.717, 1.165) is 44.8 Å². The standard InChI is InChI=1S/C12H21N3O/c1-2-6-15-7-5-14-12(15)11(13)10-4-3-8-16-9-10/h5,7,10-11H,2-4,6,8-9,13H2,1H3. The largest absolute Gasteiger partial charge is 0.381 e. The number of ether oxygens (including phenoxy) is 1. The van der Waals surface area contributed by atoms with E-state index in [1.165, 1.54) is 0 Å². The Balaban J connectivity index is 2.06. The molecule has 90 valence electrons. The monoisotopic (exact) mass is 223 g/mol. The summed E-state index contributed by atoms with van der Waals surface area (Å²) < 4.78 is 7.65. The molecule has 4 heteroatoms. The van der Waals surface area contributed by atoms with E-state index in [1.54, 1.807) is 0 Å². The summed E-state index contributed by atoms with van der Waals surface area (Å²) in [5, 5.41) is 0. The highest BCUT2D eigenvalue weighted by Gasteiger charge is 2.25. The van der Waals surface area contributed by atoms with Crippen molar-refractivity contribution in [2.45, 2.75) is 38.8 Å². The molecule has 1 saturated heterocycles. The summed E-state index contributed by atoms with van der Waals surface area (Å²) in [6, 6.07) is 0.0156. The van der Waals surface area contributed by atoms with Crippen LogP contribution in [0.15, 0.2) is 12.4 Å². The van der Waals surface area contributed by atoms with Gasteiger partial charge in [0.2, 0.25) is 0 Å². The Bertz CT molecular complexity index is 318. The first kappa shape index (κ1) is 11.6. The first-order valence-electron chi connectivity index (χ1n) is 6.17. The lowest BCUT2D eigenvalue weighted by atomic mass is 9.94. The van der Waals surface area contributed by atoms with E-state index in [0.29, 0.717) is 5.92 Å². The highest BCUT2D eigenvalue weighted by atomic mass is 16.5. The van der Waals surface area contributed by atoms with E-state index in [2.05, 4.69) is 16.5 Å². The van der Waals surface area contributed by atoms with Crippen LogP contribution in [0.5, 0.6) is 0 Å². The van der Waals surface area contributed by atoms with Gasteiger partial charge in [-0.3, -0.25) is 0 Å². The maximum atomic E-state index is 6.28. The summed E-state index contributed by atoms with van der Waals surface area (Å²) in [5.74, 6) is 1.43. The Kier molecular flexibility index (Phi) is 3.96. The van der Waals surface area contributed by atoms with Crippen LogP contribution in [0, 0.1) is 5.92 Å². The molecule has 0 spiro atoms. The van der Waals surface area contributed by atoms with Gasteiger partial charge < -0.3 is 15.0 Å². The highest BCUT2D eigenvalue weighted by Crippen LogP contribution is 2.25. The maximum absolute atomic E-state index is 6.28. The predicted molar refractivity (Wildman–Crippen MR) is 63.0 cm³/mol. The Morgan fingerprint density at radius 2 is 2.56 bits per heavy atom. The minimum Gasteiger partial charge on any atom is -0.381 e. The molecule has 0 amide bonds. The van der Waals surface area contributed by atoms with Crippen LogP contribution in [0.4, 0.5) is 0 Å². The van der Waals surface area contributed by atoms with E-state index in [-0.39, 0.29) is 6.04 Å². The molecule has 0 aliphatic carbocycles. The van der Waals surface area contributed by atoms with Gasteiger partial charge in [0.25, 0.3) is 0 Å². The third-order valence-corrected chi connectivity index (χ3v) is 3.21. The van der Waals surface area contributed by atoms with Crippen LogP contribution >= 0.6 is 0 Å². The van der Waals surface area contributed by atoms with Crippen molar-refractivity contribution in [2.75, 3.05) is 13.2 Å². The molecule has 1 aromatic rings. The van der Waals surface area contributed by atoms with E-state index < -0.39 is 0 Å². The molecule has 1 aromatic heterocycles. The minimum absolute atomic E-state index is 0.0156. The van der Waals surface area contributed by atoms with E-state index in [1.807, 2.05) is 12.4 Å². The minimum atomic E-state index is 0.0156. The molecular weight excluding hydrogens is 202 g/mol. The van der Waals surface area contributed by atoms with Crippen LogP contribution < -0.4 is 5.73 Å². The lowest BCUT2D eigenvalue weighted by Crippen LogP contribution is -2.31. The zero-order chi connectivity index (χ0) is 11.4. The number of hydrogen-bond acceptors (Lipinski definition) is 3. The van der Waals surface area contributed by atoms with Crippen LogP contribution in [0.2, 0.25) is 0 Å². The molecule has 2 atom stereocenters. The van der Waals surface area contributed by atoms with E-state index in [9.17, 15) is 0 Å². The normalized spacial score (nSPS) is 23.2. The summed E-state index contributed by atoms with van der Waals surface area (Å²) in [6.45, 7) is 4.82. The molecule has 0 saturated carbocycles. The van der Waals surface area contributed by atoms with E-state index in [4.69, 9.17) is 10.5 Å². The zero-order valence-corrected chi connectivity index (χ0v) is 9.93. The smallest absolute Gasteiger partial charge is 0.125 e. The fraction of sp³-hybridized carbons (Fsp3) is 0.750. The Hall–Kier alpha value is -0.870. The topological polar surface area (TPSA) is 53.1 Å². The van der Waals surface area contributed by atoms with Crippen molar-refractivity contribution in [1.82, 2.24) is 9.55 Å². The molecule has 0 aromatic carbocycles. The maximum Gasteiger partial charge on any atom is 0.125 e. The van der Waals surface area contributed by atoms with Gasteiger partial charge in [0.1, 0.15) is 5.82 Å². The van der Waals surface area contributed by atoms with Gasteiger partial charge in [0.05, 0.1) is 12.6 Å². The number of hydrogen-bond donors (Lipinski definition) is 1. The van der Waals surface area contributed by atoms with Gasteiger partial charge >= 0.3 is 0 Å². The molecule has 0 bridgehead atoms. The van der Waals surface area contributed by atoms with E-state index >= 15 is 0 Å². The van der Waals surface area contributed by atoms with Gasteiger partial charge in [-0.05, 0) is 19.3 Å². The van der Waals surface area contributed by atoms with Crippen molar-refractivity contribution in [3.05, 3.63) is 18.2 Å². The van der Waals surface area contributed by atoms with Crippen LogP contribution in [0.1, 0.15) is 38.1 Å². The second-order valence-electron chi connectivity index (χ2n) is 4.48. The molecule has 1 fully saturated rings. The average molecular weight is 223 g/mol. The first-order valence-corrected chi connectivity index (χ1v) is 6.17. The Labute approximate surface area is 96.8 Å². The van der Waals surface area contributed by atoms with Gasteiger partial charge in [-0.25, -0.2) is 4.98 Å². The lowest BCUT2D eigenvalue weighted by Gasteiger charge is -2.27. The molecule has 2 rings (SSSR count). The first-order chi connectivity index (χ1) is 7.83. The third kappa shape index (κ3) is 2.44. The lowest BCUT2D eigenvalue weighted by molar-refractivity contribution is 0.0432. The molecule has 4 nitrogen and oxygen atoms in total. The van der Waals surface area contributed by atoms with Gasteiger partial charge in [-0.15, -0.1) is 0 Å². The van der Waals surface area contributed by atoms with Crippen LogP contribution in [-0.2, 0) is 11.3 Å². The number of rotatable bonds is 4. The number of aromatic nitrogens is 2. The summed E-state index contributed by atoms with van der Waals surface area (Å²) in [7, 11) is 0. The van der Waals surface area contributed by atoms with Crippen molar-refractivity contribution in [3.63, 3.8) is 0 Å². The van der Waals surface area contributed by atoms with Crippen molar-refractivity contribution < 1.29 is 4.74 Å². The molecule has 2 N–H and O–H groups in total. The molecule has 0 radical (unpaired) electrons. The molecule has 2 unspecified atom stereocenters. The summed E-state index contributed by atoms with van der Waals surface area (Å²) in [6.07, 6.45) is 7.24. The Morgan fingerprint density at radius 1 is 1.69 bits per heavy atom. The highest BCUT2D eigenvalue weighted by molar-refractivity contribution is 5.01. The number of nitrogens with zero attached hydrogens (tertiary/aromatic N) is 2. The second kappa shape index (κ2) is 5.46. The molecule has 2 heterocycles. The molecular formula is C12H21N3O. The number of imidazole rings is 1. The molecule has 16 heavy (non-hydrogen) atoms. The summed E-state index contributed by atoms with van der Waals surface area (Å²) in [5.41, 5.74) is 6.28. The van der Waals surface area contributed by atoms with Crippen molar-refractivity contribution in [3.8, 4) is 0 Å². The van der Waals surface area contributed by atoms with Gasteiger partial charge in [-0.2, -0.15) is 0 Å². The van der Waals surface area contributed by atoms with Gasteiger partial charge in [0.15, 0.2) is 0 Å². The average Bonchev–Trinajstić information content (AvgIpc) is 2.78. The van der Waals surface area contributed by atoms with Crippen LogP contribution in [-0.4, -0.2) is 22.8 Å². The Morgan fingerprint density at radius 3 is 3.25 bits per heavy atom. The SMILES string of the molecule is CCCn1ccnc1C(N)C1CCCOC1. The molecule has 1 aliphatic rings. The quantitative estimate of drug-likeness (QED) is 0.845. The second-order valence-corrected chi connectivity index (χ2v) is 4.48. The number of nitrogens with two attached hydrogens (primary N) is 1. The third-order valence-electron chi connectivity index (χ3n) is 3.21. The van der Waals surface area contributed by atoms with Gasteiger partial charge in [-0.1, -0.05) is 6.92 Å². The van der Waals surface area contributed by atoms with Gasteiger partial charge in [0, 0.05) is 31.5 Å². The van der Waals surface area contributed by atoms with Crippen molar-refractivity contribution in [2.24, 2.45) is 11.7 Å². The summed E-state index contributed by atoms with van der Waals surface area (Å²) >= 11 is 0. The van der Waals surface area contributed by atoms with Crippen LogP contribution in [0.25, 0.3) is 0 Å². The fourth-order valence-corrected chi connectivity index (χ4v) is 2.31. The summed E-state index contributed by atoms with van der Waals surface area (Å²) in [4.78, 5) is 4.39. The van der Waals surface area contributed by atoms with Crippen LogP contribution in [0.3, 0.4) is 0 Å².